The van der Waals surface area contributed by atoms with Crippen LogP contribution in [-0.2, 0) is 16.6 Å². The Hall–Kier alpha value is -2.71. The monoisotopic (exact) mass is 426 g/mol. The maximum Gasteiger partial charge on any atom is 0.274 e. The maximum absolute atomic E-state index is 12.7. The fraction of sp³-hybridized carbons (Fsp3) is 0.364. The molecule has 0 saturated carbocycles. The highest BCUT2D eigenvalue weighted by molar-refractivity contribution is 7.89. The molecule has 0 spiro atoms. The minimum absolute atomic E-state index is 0.311. The van der Waals surface area contributed by atoms with Crippen LogP contribution < -0.4 is 9.88 Å². The lowest BCUT2D eigenvalue weighted by Gasteiger charge is -2.15. The Morgan fingerprint density at radius 1 is 1.07 bits per heavy atom. The van der Waals surface area contributed by atoms with Crippen LogP contribution in [0.5, 0.6) is 0 Å². The number of aryl methyl sites for hydroxylation is 1. The van der Waals surface area contributed by atoms with Gasteiger partial charge in [-0.15, -0.1) is 0 Å². The Morgan fingerprint density at radius 2 is 1.77 bits per heavy atom. The van der Waals surface area contributed by atoms with Gasteiger partial charge in [-0.3, -0.25) is 4.90 Å². The van der Waals surface area contributed by atoms with Crippen molar-refractivity contribution in [2.75, 3.05) is 25.0 Å². The fourth-order valence-corrected chi connectivity index (χ4v) is 5.41. The molecule has 4 rings (SSSR count). The van der Waals surface area contributed by atoms with Gasteiger partial charge in [-0.2, -0.15) is 9.40 Å². The van der Waals surface area contributed by atoms with E-state index in [-0.39, 0.29) is 0 Å². The average Bonchev–Trinajstić information content (AvgIpc) is 3.39. The number of sulfonamides is 1. The second kappa shape index (κ2) is 8.20. The van der Waals surface area contributed by atoms with Gasteiger partial charge in [0.2, 0.25) is 10.0 Å². The number of nitrogens with one attached hydrogen (secondary N) is 1. The lowest BCUT2D eigenvalue weighted by atomic mass is 10.2. The predicted octanol–water partition coefficient (Wildman–Crippen LogP) is 2.72. The Labute approximate surface area is 178 Å². The summed E-state index contributed by atoms with van der Waals surface area (Å²) in [5.74, 6) is 0.849. The summed E-state index contributed by atoms with van der Waals surface area (Å²) in [6, 6.07) is 13.6. The summed E-state index contributed by atoms with van der Waals surface area (Å²) in [5, 5.41) is 4.71. The van der Waals surface area contributed by atoms with Crippen molar-refractivity contribution in [2.24, 2.45) is 0 Å². The number of aromatic nitrogens is 3. The Balaban J connectivity index is 1.53. The molecule has 0 atom stereocenters. The molecule has 1 saturated heterocycles. The van der Waals surface area contributed by atoms with Gasteiger partial charge in [-0.05, 0) is 44.9 Å². The van der Waals surface area contributed by atoms with Crippen LogP contribution in [0, 0.1) is 13.8 Å². The number of hydrogen-bond donors (Lipinski definition) is 0. The normalized spacial score (nSPS) is 14.9. The van der Waals surface area contributed by atoms with Gasteiger partial charge in [-0.25, -0.2) is 18.1 Å². The van der Waals surface area contributed by atoms with Gasteiger partial charge >= 0.3 is 0 Å². The molecule has 0 unspecified atom stereocenters. The average molecular weight is 427 g/mol. The summed E-state index contributed by atoms with van der Waals surface area (Å²) in [4.78, 5) is 5.54. The first-order valence-electron chi connectivity index (χ1n) is 10.2. The van der Waals surface area contributed by atoms with Crippen molar-refractivity contribution < 1.29 is 13.4 Å². The molecule has 0 amide bonds. The molecule has 3 heterocycles. The minimum Gasteiger partial charge on any atom is -0.260 e. The molecule has 1 fully saturated rings. The summed E-state index contributed by atoms with van der Waals surface area (Å²) < 4.78 is 29.0. The van der Waals surface area contributed by atoms with Gasteiger partial charge in [0.05, 0.1) is 18.4 Å². The largest absolute Gasteiger partial charge is 0.274 e. The SMILES string of the molecule is Cc1nn(-c2ccccc2)c(C)c1CN(C)c1ccc(S(=O)(=O)N2CCCC2)c[nH+]1. The maximum atomic E-state index is 12.7. The Bertz CT molecular complexity index is 1120. The number of rotatable bonds is 6. The fourth-order valence-electron chi connectivity index (χ4n) is 3.92. The van der Waals surface area contributed by atoms with E-state index >= 15 is 0 Å². The molecule has 0 bridgehead atoms. The third-order valence-corrected chi connectivity index (χ3v) is 7.61. The van der Waals surface area contributed by atoms with Crippen LogP contribution in [-0.4, -0.2) is 42.6 Å². The van der Waals surface area contributed by atoms with E-state index in [0.29, 0.717) is 24.5 Å². The molecular formula is C22H28N5O2S+. The standard InChI is InChI=1S/C22H27N5O2S/c1-17-21(18(2)27(24-17)19-9-5-4-6-10-19)16-25(3)22-12-11-20(15-23-22)30(28,29)26-13-7-8-14-26/h4-6,9-12,15H,7-8,13-14,16H2,1-3H3/p+1. The lowest BCUT2D eigenvalue weighted by molar-refractivity contribution is -0.367. The summed E-state index contributed by atoms with van der Waals surface area (Å²) in [6.45, 7) is 5.97. The lowest BCUT2D eigenvalue weighted by Crippen LogP contribution is -2.30. The molecule has 158 valence electrons. The van der Waals surface area contributed by atoms with E-state index in [1.54, 1.807) is 16.6 Å². The highest BCUT2D eigenvalue weighted by atomic mass is 32.2. The highest BCUT2D eigenvalue weighted by Gasteiger charge is 2.28. The zero-order valence-electron chi connectivity index (χ0n) is 17.7. The van der Waals surface area contributed by atoms with Crippen molar-refractivity contribution in [2.45, 2.75) is 38.1 Å². The highest BCUT2D eigenvalue weighted by Crippen LogP contribution is 2.23. The molecular weight excluding hydrogens is 398 g/mol. The van der Waals surface area contributed by atoms with E-state index in [0.717, 1.165) is 41.3 Å². The van der Waals surface area contributed by atoms with E-state index in [9.17, 15) is 8.42 Å². The number of benzene rings is 1. The second-order valence-corrected chi connectivity index (χ2v) is 9.71. The van der Waals surface area contributed by atoms with Crippen molar-refractivity contribution in [1.29, 1.82) is 0 Å². The summed E-state index contributed by atoms with van der Waals surface area (Å²) in [5.41, 5.74) is 4.27. The zero-order valence-corrected chi connectivity index (χ0v) is 18.5. The van der Waals surface area contributed by atoms with Crippen LogP contribution in [0.15, 0.2) is 53.6 Å². The first kappa shape index (κ1) is 20.6. The summed E-state index contributed by atoms with van der Waals surface area (Å²) in [6.07, 6.45) is 3.45. The van der Waals surface area contributed by atoms with Crippen LogP contribution >= 0.6 is 0 Å². The van der Waals surface area contributed by atoms with Crippen molar-refractivity contribution in [3.8, 4) is 5.69 Å². The molecule has 7 nitrogen and oxygen atoms in total. The van der Waals surface area contributed by atoms with Gasteiger partial charge in [0.25, 0.3) is 5.82 Å². The van der Waals surface area contributed by atoms with Crippen LogP contribution in [0.2, 0.25) is 0 Å². The summed E-state index contributed by atoms with van der Waals surface area (Å²) >= 11 is 0. The van der Waals surface area contributed by atoms with Crippen molar-refractivity contribution >= 4 is 15.8 Å². The number of nitrogens with zero attached hydrogens (tertiary/aromatic N) is 4. The van der Waals surface area contributed by atoms with Crippen LogP contribution in [0.1, 0.15) is 29.8 Å². The third-order valence-electron chi connectivity index (χ3n) is 5.72. The molecule has 1 aliphatic rings. The number of hydrogen-bond acceptors (Lipinski definition) is 4. The molecule has 0 radical (unpaired) electrons. The summed E-state index contributed by atoms with van der Waals surface area (Å²) in [7, 11) is -1.43. The van der Waals surface area contributed by atoms with Crippen LogP contribution in [0.4, 0.5) is 5.82 Å². The smallest absolute Gasteiger partial charge is 0.260 e. The molecule has 2 aromatic heterocycles. The predicted molar refractivity (Wildman–Crippen MR) is 116 cm³/mol. The van der Waals surface area contributed by atoms with Gasteiger partial charge in [0.15, 0.2) is 0 Å². The first-order chi connectivity index (χ1) is 14.4. The van der Waals surface area contributed by atoms with E-state index in [2.05, 4.69) is 16.8 Å². The van der Waals surface area contributed by atoms with Crippen molar-refractivity contribution in [3.63, 3.8) is 0 Å². The molecule has 0 aliphatic carbocycles. The number of pyridine rings is 1. The molecule has 1 aromatic carbocycles. The quantitative estimate of drug-likeness (QED) is 0.608. The van der Waals surface area contributed by atoms with E-state index in [1.165, 1.54) is 0 Å². The van der Waals surface area contributed by atoms with Crippen molar-refractivity contribution in [1.82, 2.24) is 14.1 Å². The number of aromatic amines is 1. The van der Waals surface area contributed by atoms with Gasteiger partial charge in [0.1, 0.15) is 17.6 Å². The van der Waals surface area contributed by atoms with E-state index < -0.39 is 10.0 Å². The number of anilines is 1. The molecule has 8 heteroatoms. The third kappa shape index (κ3) is 3.85. The second-order valence-electron chi connectivity index (χ2n) is 7.77. The minimum atomic E-state index is -3.41. The molecule has 1 aliphatic heterocycles. The molecule has 1 N–H and O–H groups in total. The van der Waals surface area contributed by atoms with Crippen LogP contribution in [0.3, 0.4) is 0 Å². The number of para-hydroxylation sites is 1. The molecule has 30 heavy (non-hydrogen) atoms. The Morgan fingerprint density at radius 3 is 2.40 bits per heavy atom. The number of H-pyrrole nitrogens is 1. The Kier molecular flexibility index (Phi) is 5.62. The van der Waals surface area contributed by atoms with Gasteiger partial charge in [-0.1, -0.05) is 18.2 Å². The van der Waals surface area contributed by atoms with Gasteiger partial charge < -0.3 is 0 Å². The van der Waals surface area contributed by atoms with Crippen molar-refractivity contribution in [3.05, 3.63) is 65.6 Å². The van der Waals surface area contributed by atoms with E-state index in [1.807, 2.05) is 55.1 Å². The first-order valence-corrected chi connectivity index (χ1v) is 11.7. The zero-order chi connectivity index (χ0) is 21.3. The molecule has 3 aromatic rings. The van der Waals surface area contributed by atoms with Crippen LogP contribution in [0.25, 0.3) is 5.69 Å². The van der Waals surface area contributed by atoms with Gasteiger partial charge in [0, 0.05) is 30.4 Å². The topological polar surface area (TPSA) is 72.6 Å². The van der Waals surface area contributed by atoms with E-state index in [4.69, 9.17) is 5.10 Å².